The number of unbranched alkanes of at least 4 members (excludes halogenated alkanes) is 2. The van der Waals surface area contributed by atoms with Crippen molar-refractivity contribution in [1.82, 2.24) is 0 Å². The first kappa shape index (κ1) is 22.3. The summed E-state index contributed by atoms with van der Waals surface area (Å²) in [5.74, 6) is 2.04. The second-order valence-electron chi connectivity index (χ2n) is 7.98. The summed E-state index contributed by atoms with van der Waals surface area (Å²) in [5.41, 5.74) is 10.2. The summed E-state index contributed by atoms with van der Waals surface area (Å²) >= 11 is 0. The Bertz CT molecular complexity index is 749. The van der Waals surface area contributed by atoms with Crippen LogP contribution in [0.1, 0.15) is 72.9 Å². The summed E-state index contributed by atoms with van der Waals surface area (Å²) in [6.45, 7) is 13.3. The molecule has 2 aromatic rings. The zero-order valence-corrected chi connectivity index (χ0v) is 19.2. The van der Waals surface area contributed by atoms with Crippen molar-refractivity contribution in [1.29, 1.82) is 0 Å². The number of ether oxygens (including phenoxy) is 2. The molecule has 0 aliphatic rings. The maximum Gasteiger partial charge on any atom is 0.130 e. The summed E-state index contributed by atoms with van der Waals surface area (Å²) in [4.78, 5) is 0. The summed E-state index contributed by atoms with van der Waals surface area (Å²) in [7, 11) is 3.61. The monoisotopic (exact) mass is 382 g/mol. The van der Waals surface area contributed by atoms with Crippen LogP contribution in [0.4, 0.5) is 0 Å². The maximum atomic E-state index is 6.02. The molecule has 0 amide bonds. The van der Waals surface area contributed by atoms with Gasteiger partial charge in [0.2, 0.25) is 0 Å². The van der Waals surface area contributed by atoms with Crippen LogP contribution < -0.4 is 9.47 Å². The Labute approximate surface area is 172 Å². The molecule has 0 N–H and O–H groups in total. The van der Waals surface area contributed by atoms with Crippen LogP contribution in [0.15, 0.2) is 12.1 Å². The van der Waals surface area contributed by atoms with Gasteiger partial charge in [-0.3, -0.25) is 0 Å². The Morgan fingerprint density at radius 1 is 0.643 bits per heavy atom. The molecule has 0 fully saturated rings. The van der Waals surface area contributed by atoms with Crippen LogP contribution in [0.25, 0.3) is 11.1 Å². The van der Waals surface area contributed by atoms with Gasteiger partial charge in [-0.2, -0.15) is 0 Å². The molecule has 0 aromatic heterocycles. The average Bonchev–Trinajstić information content (AvgIpc) is 2.69. The number of rotatable bonds is 9. The Morgan fingerprint density at radius 2 is 1.00 bits per heavy atom. The molecule has 0 atom stereocenters. The molecule has 2 aromatic carbocycles. The summed E-state index contributed by atoms with van der Waals surface area (Å²) < 4.78 is 12.0. The lowest BCUT2D eigenvalue weighted by atomic mass is 9.85. The van der Waals surface area contributed by atoms with Gasteiger partial charge in [-0.05, 0) is 86.8 Å². The van der Waals surface area contributed by atoms with Crippen molar-refractivity contribution in [3.8, 4) is 22.6 Å². The Balaban J connectivity index is 2.86. The van der Waals surface area contributed by atoms with E-state index in [1.807, 2.05) is 0 Å². The second kappa shape index (κ2) is 10.0. The molecule has 2 heteroatoms. The van der Waals surface area contributed by atoms with E-state index in [1.165, 1.54) is 70.2 Å². The molecule has 0 saturated heterocycles. The van der Waals surface area contributed by atoms with E-state index in [0.717, 1.165) is 24.3 Å². The van der Waals surface area contributed by atoms with Gasteiger partial charge in [0, 0.05) is 11.1 Å². The molecule has 0 radical (unpaired) electrons. The van der Waals surface area contributed by atoms with Gasteiger partial charge < -0.3 is 9.47 Å². The molecule has 0 aliphatic carbocycles. The smallest absolute Gasteiger partial charge is 0.130 e. The Morgan fingerprint density at radius 3 is 1.29 bits per heavy atom. The first-order valence-corrected chi connectivity index (χ1v) is 10.8. The third kappa shape index (κ3) is 4.37. The molecule has 28 heavy (non-hydrogen) atoms. The normalized spacial score (nSPS) is 11.0. The van der Waals surface area contributed by atoms with Crippen molar-refractivity contribution in [2.75, 3.05) is 14.2 Å². The predicted molar refractivity (Wildman–Crippen MR) is 121 cm³/mol. The molecule has 0 bridgehead atoms. The Kier molecular flexibility index (Phi) is 7.98. The number of benzene rings is 2. The van der Waals surface area contributed by atoms with Crippen LogP contribution in [-0.2, 0) is 12.8 Å². The van der Waals surface area contributed by atoms with Gasteiger partial charge in [-0.25, -0.2) is 0 Å². The van der Waals surface area contributed by atoms with E-state index in [0.29, 0.717) is 0 Å². The summed E-state index contributed by atoms with van der Waals surface area (Å²) in [5, 5.41) is 0. The SMILES string of the molecule is CCCCc1cc(C)c(C)c(-c2c(C)c(C)cc(CCCC)c2OC)c1OC. The van der Waals surface area contributed by atoms with E-state index in [4.69, 9.17) is 9.47 Å². The maximum absolute atomic E-state index is 6.02. The fraction of sp³-hybridized carbons (Fsp3) is 0.538. The number of aryl methyl sites for hydroxylation is 4. The third-order valence-electron chi connectivity index (χ3n) is 6.01. The number of hydrogen-bond acceptors (Lipinski definition) is 2. The van der Waals surface area contributed by atoms with Gasteiger partial charge >= 0.3 is 0 Å². The third-order valence-corrected chi connectivity index (χ3v) is 6.01. The van der Waals surface area contributed by atoms with Crippen LogP contribution >= 0.6 is 0 Å². The van der Waals surface area contributed by atoms with Gasteiger partial charge in [-0.1, -0.05) is 38.8 Å². The average molecular weight is 383 g/mol. The van der Waals surface area contributed by atoms with E-state index >= 15 is 0 Å². The van der Waals surface area contributed by atoms with Crippen molar-refractivity contribution in [3.05, 3.63) is 45.5 Å². The predicted octanol–water partition coefficient (Wildman–Crippen LogP) is 7.29. The van der Waals surface area contributed by atoms with Crippen LogP contribution in [0.5, 0.6) is 11.5 Å². The topological polar surface area (TPSA) is 18.5 Å². The summed E-state index contributed by atoms with van der Waals surface area (Å²) in [6.07, 6.45) is 6.79. The largest absolute Gasteiger partial charge is 0.496 e. The second-order valence-corrected chi connectivity index (χ2v) is 7.98. The van der Waals surface area contributed by atoms with E-state index in [2.05, 4.69) is 53.7 Å². The van der Waals surface area contributed by atoms with E-state index in [-0.39, 0.29) is 0 Å². The van der Waals surface area contributed by atoms with Crippen molar-refractivity contribution < 1.29 is 9.47 Å². The van der Waals surface area contributed by atoms with E-state index in [1.54, 1.807) is 14.2 Å². The van der Waals surface area contributed by atoms with E-state index < -0.39 is 0 Å². The lowest BCUT2D eigenvalue weighted by Crippen LogP contribution is -2.05. The fourth-order valence-electron chi connectivity index (χ4n) is 4.10. The first-order chi connectivity index (χ1) is 13.4. The molecule has 0 heterocycles. The van der Waals surface area contributed by atoms with Crippen molar-refractivity contribution in [2.24, 2.45) is 0 Å². The highest BCUT2D eigenvalue weighted by molar-refractivity contribution is 5.85. The van der Waals surface area contributed by atoms with Crippen molar-refractivity contribution >= 4 is 0 Å². The van der Waals surface area contributed by atoms with Gasteiger partial charge in [0.25, 0.3) is 0 Å². The molecule has 2 nitrogen and oxygen atoms in total. The van der Waals surface area contributed by atoms with Crippen molar-refractivity contribution in [3.63, 3.8) is 0 Å². The quantitative estimate of drug-likeness (QED) is 0.453. The zero-order chi connectivity index (χ0) is 20.8. The van der Waals surface area contributed by atoms with Gasteiger partial charge in [0.1, 0.15) is 11.5 Å². The van der Waals surface area contributed by atoms with Gasteiger partial charge in [0.05, 0.1) is 14.2 Å². The molecule has 0 unspecified atom stereocenters. The van der Waals surface area contributed by atoms with Crippen LogP contribution in [0.2, 0.25) is 0 Å². The van der Waals surface area contributed by atoms with Crippen LogP contribution in [0, 0.1) is 27.7 Å². The van der Waals surface area contributed by atoms with E-state index in [9.17, 15) is 0 Å². The van der Waals surface area contributed by atoms with Crippen LogP contribution in [-0.4, -0.2) is 14.2 Å². The lowest BCUT2D eigenvalue weighted by Gasteiger charge is -2.24. The molecule has 2 rings (SSSR count). The minimum atomic E-state index is 1.02. The highest BCUT2D eigenvalue weighted by Gasteiger charge is 2.23. The lowest BCUT2D eigenvalue weighted by molar-refractivity contribution is 0.404. The zero-order valence-electron chi connectivity index (χ0n) is 19.2. The van der Waals surface area contributed by atoms with Gasteiger partial charge in [-0.15, -0.1) is 0 Å². The molecule has 0 saturated carbocycles. The van der Waals surface area contributed by atoms with Crippen LogP contribution in [0.3, 0.4) is 0 Å². The standard InChI is InChI=1S/C26H38O2/c1-9-11-13-21-15-17(3)19(5)23(25(21)27-7)24-20(6)18(4)16-22(14-12-10-2)26(24)28-8/h15-16H,9-14H2,1-8H3. The molecular weight excluding hydrogens is 344 g/mol. The summed E-state index contributed by atoms with van der Waals surface area (Å²) in [6, 6.07) is 4.62. The minimum Gasteiger partial charge on any atom is -0.496 e. The van der Waals surface area contributed by atoms with Gasteiger partial charge in [0.15, 0.2) is 0 Å². The molecule has 0 aliphatic heterocycles. The number of hydrogen-bond donors (Lipinski definition) is 0. The first-order valence-electron chi connectivity index (χ1n) is 10.8. The molecule has 154 valence electrons. The Hall–Kier alpha value is -1.96. The number of methoxy groups -OCH3 is 2. The minimum absolute atomic E-state index is 1.02. The van der Waals surface area contributed by atoms with Crippen molar-refractivity contribution in [2.45, 2.75) is 80.1 Å². The molecular formula is C26H38O2. The molecule has 0 spiro atoms. The highest BCUT2D eigenvalue weighted by atomic mass is 16.5. The fourth-order valence-corrected chi connectivity index (χ4v) is 4.10. The highest BCUT2D eigenvalue weighted by Crippen LogP contribution is 2.46.